The Morgan fingerprint density at radius 2 is 1.94 bits per heavy atom. The Labute approximate surface area is 100 Å². The van der Waals surface area contributed by atoms with Gasteiger partial charge in [-0.15, -0.1) is 12.3 Å². The minimum Gasteiger partial charge on any atom is -0.381 e. The number of anilines is 2. The van der Waals surface area contributed by atoms with Gasteiger partial charge >= 0.3 is 0 Å². The maximum absolute atomic E-state index is 5.82. The van der Waals surface area contributed by atoms with Crippen LogP contribution >= 0.6 is 0 Å². The number of unbranched alkanes of at least 4 members (excludes halogenated alkanes) is 1. The van der Waals surface area contributed by atoms with Gasteiger partial charge in [-0.1, -0.05) is 12.1 Å². The number of nitrogens with zero attached hydrogens (tertiary/aromatic N) is 2. The normalized spacial score (nSPS) is 10.1. The van der Waals surface area contributed by atoms with Crippen molar-refractivity contribution < 1.29 is 0 Å². The molecule has 0 aliphatic carbocycles. The van der Waals surface area contributed by atoms with Crippen molar-refractivity contribution in [3.8, 4) is 12.3 Å². The molecule has 1 aromatic carbocycles. The number of nitrogen functional groups attached to an aromatic ring is 1. The number of hydrogen-bond acceptors (Lipinski definition) is 4. The first-order valence-corrected chi connectivity index (χ1v) is 5.51. The molecule has 0 unspecified atom stereocenters. The summed E-state index contributed by atoms with van der Waals surface area (Å²) in [5, 5.41) is 3.15. The topological polar surface area (TPSA) is 63.8 Å². The maximum Gasteiger partial charge on any atom is 0.169 e. The molecule has 2 rings (SSSR count). The fourth-order valence-corrected chi connectivity index (χ4v) is 1.54. The van der Waals surface area contributed by atoms with Crippen molar-refractivity contribution in [2.45, 2.75) is 12.8 Å². The zero-order valence-electron chi connectivity index (χ0n) is 9.48. The van der Waals surface area contributed by atoms with Crippen molar-refractivity contribution in [3.63, 3.8) is 0 Å². The molecule has 3 N–H and O–H groups in total. The van der Waals surface area contributed by atoms with Gasteiger partial charge in [-0.05, 0) is 18.6 Å². The molecular weight excluding hydrogens is 212 g/mol. The summed E-state index contributed by atoms with van der Waals surface area (Å²) in [7, 11) is 0. The van der Waals surface area contributed by atoms with E-state index < -0.39 is 0 Å². The van der Waals surface area contributed by atoms with Gasteiger partial charge in [-0.3, -0.25) is 0 Å². The summed E-state index contributed by atoms with van der Waals surface area (Å²) >= 11 is 0. The summed E-state index contributed by atoms with van der Waals surface area (Å²) in [6.45, 7) is 0.751. The summed E-state index contributed by atoms with van der Waals surface area (Å²) in [5.74, 6) is 3.64. The van der Waals surface area contributed by atoms with E-state index in [2.05, 4.69) is 21.2 Å². The molecule has 0 amide bonds. The number of para-hydroxylation sites is 2. The molecule has 0 saturated heterocycles. The lowest BCUT2D eigenvalue weighted by Crippen LogP contribution is -2.07. The van der Waals surface area contributed by atoms with Crippen LogP contribution < -0.4 is 11.1 Å². The fourth-order valence-electron chi connectivity index (χ4n) is 1.54. The zero-order chi connectivity index (χ0) is 12.1. The molecule has 17 heavy (non-hydrogen) atoms. The highest BCUT2D eigenvalue weighted by Crippen LogP contribution is 2.18. The van der Waals surface area contributed by atoms with E-state index in [1.807, 2.05) is 24.3 Å². The van der Waals surface area contributed by atoms with Crippen molar-refractivity contribution in [1.82, 2.24) is 9.97 Å². The van der Waals surface area contributed by atoms with Crippen LogP contribution in [0.2, 0.25) is 0 Å². The smallest absolute Gasteiger partial charge is 0.169 e. The Morgan fingerprint density at radius 3 is 2.65 bits per heavy atom. The van der Waals surface area contributed by atoms with Crippen LogP contribution in [0.25, 0.3) is 11.0 Å². The van der Waals surface area contributed by atoms with Gasteiger partial charge < -0.3 is 11.1 Å². The Bertz CT molecular complexity index is 557. The van der Waals surface area contributed by atoms with Crippen molar-refractivity contribution in [1.29, 1.82) is 0 Å². The predicted molar refractivity (Wildman–Crippen MR) is 70.5 cm³/mol. The van der Waals surface area contributed by atoms with E-state index >= 15 is 0 Å². The SMILES string of the molecule is C#CCCCNc1nc2ccccc2nc1N. The molecule has 4 nitrogen and oxygen atoms in total. The van der Waals surface area contributed by atoms with E-state index in [-0.39, 0.29) is 0 Å². The van der Waals surface area contributed by atoms with Crippen LogP contribution in [0, 0.1) is 12.3 Å². The first-order valence-electron chi connectivity index (χ1n) is 5.51. The van der Waals surface area contributed by atoms with Crippen molar-refractivity contribution in [2.24, 2.45) is 0 Å². The number of benzene rings is 1. The van der Waals surface area contributed by atoms with Crippen LogP contribution in [0.1, 0.15) is 12.8 Å². The summed E-state index contributed by atoms with van der Waals surface area (Å²) in [6, 6.07) is 7.64. The summed E-state index contributed by atoms with van der Waals surface area (Å²) in [4.78, 5) is 8.71. The molecule has 2 aromatic rings. The van der Waals surface area contributed by atoms with Crippen LogP contribution in [-0.2, 0) is 0 Å². The lowest BCUT2D eigenvalue weighted by molar-refractivity contribution is 0.902. The van der Waals surface area contributed by atoms with E-state index in [4.69, 9.17) is 12.2 Å². The highest BCUT2D eigenvalue weighted by atomic mass is 15.1. The van der Waals surface area contributed by atoms with Crippen molar-refractivity contribution >= 4 is 22.7 Å². The van der Waals surface area contributed by atoms with Crippen molar-refractivity contribution in [3.05, 3.63) is 24.3 Å². The molecule has 0 atom stereocenters. The summed E-state index contributed by atoms with van der Waals surface area (Å²) in [6.07, 6.45) is 6.82. The largest absolute Gasteiger partial charge is 0.381 e. The summed E-state index contributed by atoms with van der Waals surface area (Å²) in [5.41, 5.74) is 7.46. The first kappa shape index (κ1) is 11.2. The Kier molecular flexibility index (Phi) is 3.41. The molecule has 0 saturated carbocycles. The third-order valence-electron chi connectivity index (χ3n) is 2.39. The number of terminal acetylenes is 1. The Morgan fingerprint density at radius 1 is 1.24 bits per heavy atom. The lowest BCUT2D eigenvalue weighted by Gasteiger charge is -2.07. The van der Waals surface area contributed by atoms with Gasteiger partial charge in [0.15, 0.2) is 11.6 Å². The second-order valence-corrected chi connectivity index (χ2v) is 3.68. The highest BCUT2D eigenvalue weighted by molar-refractivity contribution is 5.79. The quantitative estimate of drug-likeness (QED) is 0.618. The molecule has 0 bridgehead atoms. The molecule has 0 aliphatic rings. The average molecular weight is 226 g/mol. The third kappa shape index (κ3) is 2.64. The Hall–Kier alpha value is -2.28. The number of fused-ring (bicyclic) bond motifs is 1. The zero-order valence-corrected chi connectivity index (χ0v) is 9.48. The molecule has 0 fully saturated rings. The molecule has 0 spiro atoms. The molecule has 4 heteroatoms. The van der Waals surface area contributed by atoms with Gasteiger partial charge in [-0.2, -0.15) is 0 Å². The van der Waals surface area contributed by atoms with E-state index in [9.17, 15) is 0 Å². The predicted octanol–water partition coefficient (Wildman–Crippen LogP) is 2.04. The van der Waals surface area contributed by atoms with E-state index in [0.717, 1.165) is 30.4 Å². The van der Waals surface area contributed by atoms with Crippen LogP contribution in [0.15, 0.2) is 24.3 Å². The van der Waals surface area contributed by atoms with Gasteiger partial charge in [0.2, 0.25) is 0 Å². The Balaban J connectivity index is 2.17. The van der Waals surface area contributed by atoms with Gasteiger partial charge in [0, 0.05) is 13.0 Å². The van der Waals surface area contributed by atoms with Crippen LogP contribution in [0.4, 0.5) is 11.6 Å². The summed E-state index contributed by atoms with van der Waals surface area (Å²) < 4.78 is 0. The van der Waals surface area contributed by atoms with E-state index in [1.54, 1.807) is 0 Å². The maximum atomic E-state index is 5.82. The number of aromatic nitrogens is 2. The lowest BCUT2D eigenvalue weighted by atomic mass is 10.3. The van der Waals surface area contributed by atoms with Gasteiger partial charge in [0.05, 0.1) is 11.0 Å². The monoisotopic (exact) mass is 226 g/mol. The number of rotatable bonds is 4. The third-order valence-corrected chi connectivity index (χ3v) is 2.39. The second kappa shape index (κ2) is 5.17. The van der Waals surface area contributed by atoms with Gasteiger partial charge in [-0.25, -0.2) is 9.97 Å². The van der Waals surface area contributed by atoms with Crippen LogP contribution in [-0.4, -0.2) is 16.5 Å². The van der Waals surface area contributed by atoms with Crippen LogP contribution in [0.3, 0.4) is 0 Å². The molecule has 1 heterocycles. The average Bonchev–Trinajstić information content (AvgIpc) is 2.35. The van der Waals surface area contributed by atoms with E-state index in [0.29, 0.717) is 11.6 Å². The molecule has 86 valence electrons. The molecular formula is C13H14N4. The fraction of sp³-hybridized carbons (Fsp3) is 0.231. The minimum atomic E-state index is 0.421. The van der Waals surface area contributed by atoms with Gasteiger partial charge in [0.1, 0.15) is 0 Å². The number of hydrogen-bond donors (Lipinski definition) is 2. The minimum absolute atomic E-state index is 0.421. The second-order valence-electron chi connectivity index (χ2n) is 3.68. The van der Waals surface area contributed by atoms with Gasteiger partial charge in [0.25, 0.3) is 0 Å². The van der Waals surface area contributed by atoms with Crippen molar-refractivity contribution in [2.75, 3.05) is 17.6 Å². The van der Waals surface area contributed by atoms with Crippen LogP contribution in [0.5, 0.6) is 0 Å². The molecule has 1 aromatic heterocycles. The number of nitrogens with two attached hydrogens (primary N) is 1. The van der Waals surface area contributed by atoms with E-state index in [1.165, 1.54) is 0 Å². The molecule has 0 aliphatic heterocycles. The number of nitrogens with one attached hydrogen (secondary N) is 1. The first-order chi connectivity index (χ1) is 8.31. The highest BCUT2D eigenvalue weighted by Gasteiger charge is 2.04. The molecule has 0 radical (unpaired) electrons. The standard InChI is InChI=1S/C13H14N4/c1-2-3-6-9-15-13-12(14)16-10-7-4-5-8-11(10)17-13/h1,4-5,7-8H,3,6,9H2,(H2,14,16)(H,15,17).